The van der Waals surface area contributed by atoms with Gasteiger partial charge in [-0.3, -0.25) is 9.59 Å². The number of carbonyl (C=O) groups is 2. The van der Waals surface area contributed by atoms with Crippen LogP contribution in [0.1, 0.15) is 66.8 Å². The number of hydrogen-bond acceptors (Lipinski definition) is 4. The van der Waals surface area contributed by atoms with Crippen LogP contribution < -0.4 is 15.4 Å². The molecule has 1 aliphatic carbocycles. The van der Waals surface area contributed by atoms with Crippen molar-refractivity contribution in [3.63, 3.8) is 0 Å². The second kappa shape index (κ2) is 9.33. The zero-order valence-electron chi connectivity index (χ0n) is 19.4. The highest BCUT2D eigenvalue weighted by molar-refractivity contribution is 5.99. The van der Waals surface area contributed by atoms with Crippen LogP contribution in [0.4, 0.5) is 0 Å². The number of nitrogens with one attached hydrogen (secondary N) is 2. The van der Waals surface area contributed by atoms with Gasteiger partial charge in [-0.15, -0.1) is 0 Å². The Morgan fingerprint density at radius 3 is 2.65 bits per heavy atom. The lowest BCUT2D eigenvalue weighted by Gasteiger charge is -2.31. The maximum Gasteiger partial charge on any atom is 0.252 e. The molecule has 7 heteroatoms. The number of aromatic nitrogens is 2. The Hall–Kier alpha value is -3.61. The van der Waals surface area contributed by atoms with Crippen LogP contribution in [0.3, 0.4) is 0 Å². The van der Waals surface area contributed by atoms with Crippen LogP contribution in [0, 0.1) is 0 Å². The van der Waals surface area contributed by atoms with E-state index < -0.39 is 5.54 Å². The molecule has 0 saturated heterocycles. The highest BCUT2D eigenvalue weighted by atomic mass is 16.5. The standard InChI is InChI=1S/C27H30N4O3/c1-2-34-21-12-9-20(10-13-21)25(32)30-27(15-5-6-16-27)26(33)29-22-14-11-19-7-3-4-8-23(19)31-18-17-28-24(22)31/h3-4,7-10,12-13,17-18,22H,2,5-6,11,14-16H2,1H3,(H,29,33)(H,30,32)/t22-/m1/s1. The molecular formula is C27H30N4O3. The normalized spacial score (nSPS) is 18.3. The first kappa shape index (κ1) is 22.2. The van der Waals surface area contributed by atoms with E-state index in [0.29, 0.717) is 25.0 Å². The minimum absolute atomic E-state index is 0.130. The summed E-state index contributed by atoms with van der Waals surface area (Å²) in [6.07, 6.45) is 8.38. The second-order valence-electron chi connectivity index (χ2n) is 9.05. The average molecular weight is 459 g/mol. The van der Waals surface area contributed by atoms with E-state index >= 15 is 0 Å². The monoisotopic (exact) mass is 458 g/mol. The number of aryl methyl sites for hydroxylation is 1. The lowest BCUT2D eigenvalue weighted by atomic mass is 9.94. The minimum atomic E-state index is -0.910. The molecule has 5 rings (SSSR count). The summed E-state index contributed by atoms with van der Waals surface area (Å²) in [5.74, 6) is 1.17. The van der Waals surface area contributed by atoms with Gasteiger partial charge >= 0.3 is 0 Å². The number of para-hydroxylation sites is 1. The molecular weight excluding hydrogens is 428 g/mol. The number of carbonyl (C=O) groups excluding carboxylic acids is 2. The molecule has 1 saturated carbocycles. The van der Waals surface area contributed by atoms with Gasteiger partial charge in [-0.05, 0) is 68.5 Å². The molecule has 34 heavy (non-hydrogen) atoms. The third-order valence-corrected chi connectivity index (χ3v) is 6.91. The maximum atomic E-state index is 13.7. The molecule has 2 aliphatic rings. The lowest BCUT2D eigenvalue weighted by Crippen LogP contribution is -2.57. The third kappa shape index (κ3) is 4.18. The number of fused-ring (bicyclic) bond motifs is 3. The molecule has 0 bridgehead atoms. The summed E-state index contributed by atoms with van der Waals surface area (Å²) in [6, 6.07) is 15.1. The molecule has 2 aromatic carbocycles. The minimum Gasteiger partial charge on any atom is -0.494 e. The molecule has 0 unspecified atom stereocenters. The summed E-state index contributed by atoms with van der Waals surface area (Å²) >= 11 is 0. The van der Waals surface area contributed by atoms with Crippen LogP contribution in [0.5, 0.6) is 5.75 Å². The molecule has 2 heterocycles. The molecule has 0 spiro atoms. The quantitative estimate of drug-likeness (QED) is 0.582. The molecule has 7 nitrogen and oxygen atoms in total. The number of rotatable bonds is 6. The van der Waals surface area contributed by atoms with Crippen molar-refractivity contribution in [1.29, 1.82) is 0 Å². The Bertz CT molecular complexity index is 1180. The summed E-state index contributed by atoms with van der Waals surface area (Å²) in [5.41, 5.74) is 1.94. The van der Waals surface area contributed by atoms with Gasteiger partial charge < -0.3 is 19.9 Å². The first-order chi connectivity index (χ1) is 16.6. The molecule has 1 fully saturated rings. The topological polar surface area (TPSA) is 85.2 Å². The average Bonchev–Trinajstić information content (AvgIpc) is 3.51. The highest BCUT2D eigenvalue weighted by Crippen LogP contribution is 2.33. The Morgan fingerprint density at radius 2 is 1.88 bits per heavy atom. The van der Waals surface area contributed by atoms with Gasteiger partial charge in [0.15, 0.2) is 0 Å². The van der Waals surface area contributed by atoms with E-state index in [-0.39, 0.29) is 17.9 Å². The number of benzene rings is 2. The van der Waals surface area contributed by atoms with E-state index in [1.807, 2.05) is 25.3 Å². The fourth-order valence-electron chi connectivity index (χ4n) is 5.14. The number of nitrogens with zero attached hydrogens (tertiary/aromatic N) is 2. The van der Waals surface area contributed by atoms with Crippen molar-refractivity contribution in [2.24, 2.45) is 0 Å². The Morgan fingerprint density at radius 1 is 1.12 bits per heavy atom. The van der Waals surface area contributed by atoms with E-state index in [4.69, 9.17) is 4.74 Å². The Labute approximate surface area is 199 Å². The molecule has 1 aliphatic heterocycles. The van der Waals surface area contributed by atoms with Gasteiger partial charge in [0.25, 0.3) is 5.91 Å². The largest absolute Gasteiger partial charge is 0.494 e. The van der Waals surface area contributed by atoms with Crippen molar-refractivity contribution in [1.82, 2.24) is 20.2 Å². The molecule has 1 atom stereocenters. The predicted octanol–water partition coefficient (Wildman–Crippen LogP) is 4.12. The summed E-state index contributed by atoms with van der Waals surface area (Å²) in [4.78, 5) is 31.3. The summed E-state index contributed by atoms with van der Waals surface area (Å²) in [5, 5.41) is 6.33. The van der Waals surface area contributed by atoms with Crippen molar-refractivity contribution < 1.29 is 14.3 Å². The number of hydrogen-bond donors (Lipinski definition) is 2. The van der Waals surface area contributed by atoms with Gasteiger partial charge in [-0.1, -0.05) is 31.0 Å². The fraction of sp³-hybridized carbons (Fsp3) is 0.370. The van der Waals surface area contributed by atoms with Crippen molar-refractivity contribution >= 4 is 11.8 Å². The molecule has 0 radical (unpaired) electrons. The van der Waals surface area contributed by atoms with Crippen molar-refractivity contribution in [3.05, 3.63) is 77.9 Å². The summed E-state index contributed by atoms with van der Waals surface area (Å²) in [6.45, 7) is 2.49. The predicted molar refractivity (Wildman–Crippen MR) is 129 cm³/mol. The highest BCUT2D eigenvalue weighted by Gasteiger charge is 2.43. The first-order valence-corrected chi connectivity index (χ1v) is 12.1. The SMILES string of the molecule is CCOc1ccc(C(=O)NC2(C(=O)N[C@@H]3CCc4ccccc4-n4ccnc43)CCCC2)cc1. The zero-order chi connectivity index (χ0) is 23.5. The Kier molecular flexibility index (Phi) is 6.09. The van der Waals surface area contributed by atoms with E-state index in [1.54, 1.807) is 30.5 Å². The second-order valence-corrected chi connectivity index (χ2v) is 9.05. The summed E-state index contributed by atoms with van der Waals surface area (Å²) < 4.78 is 7.53. The van der Waals surface area contributed by atoms with Crippen LogP contribution >= 0.6 is 0 Å². The van der Waals surface area contributed by atoms with Gasteiger partial charge in [0.1, 0.15) is 17.1 Å². The molecule has 2 amide bonds. The van der Waals surface area contributed by atoms with E-state index in [9.17, 15) is 9.59 Å². The van der Waals surface area contributed by atoms with Crippen LogP contribution in [0.25, 0.3) is 5.69 Å². The van der Waals surface area contributed by atoms with Gasteiger partial charge in [0.2, 0.25) is 5.91 Å². The maximum absolute atomic E-state index is 13.7. The van der Waals surface area contributed by atoms with E-state index in [2.05, 4.69) is 32.3 Å². The molecule has 1 aromatic heterocycles. The van der Waals surface area contributed by atoms with Gasteiger partial charge in [0.05, 0.1) is 12.6 Å². The van der Waals surface area contributed by atoms with E-state index in [0.717, 1.165) is 42.9 Å². The lowest BCUT2D eigenvalue weighted by molar-refractivity contribution is -0.128. The van der Waals surface area contributed by atoms with Gasteiger partial charge in [-0.2, -0.15) is 0 Å². The number of amides is 2. The van der Waals surface area contributed by atoms with Crippen molar-refractivity contribution in [3.8, 4) is 11.4 Å². The van der Waals surface area contributed by atoms with Crippen molar-refractivity contribution in [2.75, 3.05) is 6.61 Å². The smallest absolute Gasteiger partial charge is 0.252 e. The number of ether oxygens (including phenoxy) is 1. The van der Waals surface area contributed by atoms with Gasteiger partial charge in [-0.25, -0.2) is 4.98 Å². The molecule has 3 aromatic rings. The van der Waals surface area contributed by atoms with Gasteiger partial charge in [0, 0.05) is 23.6 Å². The fourth-order valence-corrected chi connectivity index (χ4v) is 5.14. The Balaban J connectivity index is 1.35. The molecule has 176 valence electrons. The first-order valence-electron chi connectivity index (χ1n) is 12.1. The number of imidazole rings is 1. The van der Waals surface area contributed by atoms with E-state index in [1.165, 1.54) is 5.56 Å². The van der Waals surface area contributed by atoms with Crippen LogP contribution in [-0.2, 0) is 11.2 Å². The van der Waals surface area contributed by atoms with Crippen LogP contribution in [0.15, 0.2) is 60.9 Å². The van der Waals surface area contributed by atoms with Crippen LogP contribution in [-0.4, -0.2) is 33.5 Å². The zero-order valence-corrected chi connectivity index (χ0v) is 19.4. The third-order valence-electron chi connectivity index (χ3n) is 6.91. The van der Waals surface area contributed by atoms with Crippen molar-refractivity contribution in [2.45, 2.75) is 57.0 Å². The molecule has 2 N–H and O–H groups in total. The van der Waals surface area contributed by atoms with Crippen LogP contribution in [0.2, 0.25) is 0 Å². The summed E-state index contributed by atoms with van der Waals surface area (Å²) in [7, 11) is 0.